The van der Waals surface area contributed by atoms with Gasteiger partial charge in [-0.2, -0.15) is 0 Å². The summed E-state index contributed by atoms with van der Waals surface area (Å²) in [6, 6.07) is 10.6. The molecule has 0 saturated heterocycles. The van der Waals surface area contributed by atoms with Crippen molar-refractivity contribution in [1.82, 2.24) is 4.98 Å². The van der Waals surface area contributed by atoms with E-state index in [9.17, 15) is 4.39 Å². The molecular formula is C16H17ClFIN4. The van der Waals surface area contributed by atoms with Gasteiger partial charge < -0.3 is 11.1 Å². The van der Waals surface area contributed by atoms with Gasteiger partial charge in [-0.05, 0) is 48.6 Å². The topological polar surface area (TPSA) is 63.3 Å². The predicted octanol–water partition coefficient (Wildman–Crippen LogP) is 4.16. The molecule has 23 heavy (non-hydrogen) atoms. The van der Waals surface area contributed by atoms with Crippen molar-refractivity contribution in [3.63, 3.8) is 0 Å². The zero-order valence-electron chi connectivity index (χ0n) is 12.2. The molecule has 0 bridgehead atoms. The molecule has 1 heterocycles. The van der Waals surface area contributed by atoms with Gasteiger partial charge in [0.1, 0.15) is 11.6 Å². The minimum atomic E-state index is -0.386. The number of hydrogen-bond donors (Lipinski definition) is 2. The Kier molecular flexibility index (Phi) is 6.17. The number of hydrogen-bond acceptors (Lipinski definition) is 2. The molecule has 0 aliphatic heterocycles. The molecule has 1 aliphatic carbocycles. The number of aliphatic imine (C=N–C) groups is 1. The molecule has 1 saturated carbocycles. The molecule has 3 rings (SSSR count). The highest BCUT2D eigenvalue weighted by Crippen LogP contribution is 2.39. The van der Waals surface area contributed by atoms with Gasteiger partial charge in [-0.15, -0.1) is 24.0 Å². The molecule has 122 valence electrons. The molecule has 1 fully saturated rings. The van der Waals surface area contributed by atoms with Crippen LogP contribution in [0.3, 0.4) is 0 Å². The number of nitrogens with two attached hydrogens (primary N) is 1. The number of halogens is 3. The van der Waals surface area contributed by atoms with Crippen molar-refractivity contribution in [1.29, 1.82) is 0 Å². The summed E-state index contributed by atoms with van der Waals surface area (Å²) in [5.74, 6) is 1.00. The van der Waals surface area contributed by atoms with E-state index in [1.165, 1.54) is 6.07 Å². The summed E-state index contributed by atoms with van der Waals surface area (Å²) in [5, 5.41) is 3.13. The van der Waals surface area contributed by atoms with E-state index in [1.54, 1.807) is 18.3 Å². The van der Waals surface area contributed by atoms with Crippen molar-refractivity contribution in [2.24, 2.45) is 10.7 Å². The van der Waals surface area contributed by atoms with E-state index >= 15 is 0 Å². The summed E-state index contributed by atoms with van der Waals surface area (Å²) in [6.45, 7) is 0. The molecular weight excluding hydrogens is 430 g/mol. The molecule has 0 radical (unpaired) electrons. The first-order valence-electron chi connectivity index (χ1n) is 7.08. The number of nitrogens with zero attached hydrogens (tertiary/aromatic N) is 2. The molecule has 1 aromatic heterocycles. The Morgan fingerprint density at radius 2 is 2.09 bits per heavy atom. The van der Waals surface area contributed by atoms with E-state index in [1.807, 2.05) is 18.2 Å². The number of anilines is 1. The molecule has 7 heteroatoms. The Labute approximate surface area is 156 Å². The van der Waals surface area contributed by atoms with Crippen LogP contribution in [-0.2, 0) is 0 Å². The quantitative estimate of drug-likeness (QED) is 0.423. The van der Waals surface area contributed by atoms with E-state index in [-0.39, 0.29) is 40.9 Å². The Balaban J connectivity index is 0.00000192. The molecule has 2 aromatic rings. The average molecular weight is 447 g/mol. The third kappa shape index (κ3) is 4.54. The number of rotatable bonds is 3. The van der Waals surface area contributed by atoms with E-state index in [0.29, 0.717) is 17.7 Å². The smallest absolute Gasteiger partial charge is 0.194 e. The number of nitrogens with one attached hydrogen (secondary N) is 1. The van der Waals surface area contributed by atoms with Crippen LogP contribution in [0.5, 0.6) is 0 Å². The zero-order chi connectivity index (χ0) is 15.5. The molecule has 0 unspecified atom stereocenters. The largest absolute Gasteiger partial charge is 0.370 e. The van der Waals surface area contributed by atoms with Gasteiger partial charge in [0, 0.05) is 6.20 Å². The molecule has 0 amide bonds. The number of benzene rings is 1. The number of pyridine rings is 1. The van der Waals surface area contributed by atoms with Crippen molar-refractivity contribution in [2.75, 3.05) is 5.32 Å². The Morgan fingerprint density at radius 1 is 1.30 bits per heavy atom. The number of aromatic nitrogens is 1. The highest BCUT2D eigenvalue weighted by atomic mass is 127. The third-order valence-corrected chi connectivity index (χ3v) is 4.06. The molecule has 0 atom stereocenters. The molecule has 1 aliphatic rings. The third-order valence-electron chi connectivity index (χ3n) is 3.77. The van der Waals surface area contributed by atoms with E-state index in [4.69, 9.17) is 17.3 Å². The second-order valence-electron chi connectivity index (χ2n) is 5.35. The fraction of sp³-hybridized carbons (Fsp3) is 0.250. The minimum Gasteiger partial charge on any atom is -0.370 e. The fourth-order valence-electron chi connectivity index (χ4n) is 2.53. The maximum absolute atomic E-state index is 13.2. The van der Waals surface area contributed by atoms with Crippen LogP contribution in [0.1, 0.15) is 24.3 Å². The summed E-state index contributed by atoms with van der Waals surface area (Å²) < 4.78 is 13.2. The van der Waals surface area contributed by atoms with E-state index in [2.05, 4.69) is 15.3 Å². The normalized spacial score (nSPS) is 20.3. The lowest BCUT2D eigenvalue weighted by molar-refractivity contribution is 0.353. The van der Waals surface area contributed by atoms with Crippen LogP contribution in [0.15, 0.2) is 47.6 Å². The van der Waals surface area contributed by atoms with Crippen molar-refractivity contribution in [3.05, 3.63) is 59.0 Å². The Morgan fingerprint density at radius 3 is 2.74 bits per heavy atom. The van der Waals surface area contributed by atoms with Crippen LogP contribution >= 0.6 is 35.6 Å². The molecule has 1 aromatic carbocycles. The van der Waals surface area contributed by atoms with Crippen LogP contribution in [0, 0.1) is 5.82 Å². The predicted molar refractivity (Wildman–Crippen MR) is 102 cm³/mol. The molecule has 0 spiro atoms. The van der Waals surface area contributed by atoms with Crippen molar-refractivity contribution in [2.45, 2.75) is 24.8 Å². The SMILES string of the molecule is I.NC(=NC1CC(c2ccc(F)c(Cl)c2)C1)Nc1ccccn1. The van der Waals surface area contributed by atoms with Gasteiger partial charge in [-0.3, -0.25) is 0 Å². The van der Waals surface area contributed by atoms with E-state index in [0.717, 1.165) is 18.4 Å². The van der Waals surface area contributed by atoms with Gasteiger partial charge in [0.25, 0.3) is 0 Å². The highest BCUT2D eigenvalue weighted by molar-refractivity contribution is 14.0. The zero-order valence-corrected chi connectivity index (χ0v) is 15.3. The van der Waals surface area contributed by atoms with Crippen LogP contribution in [0.2, 0.25) is 5.02 Å². The monoisotopic (exact) mass is 446 g/mol. The van der Waals surface area contributed by atoms with Crippen molar-refractivity contribution >= 4 is 47.4 Å². The Hall–Kier alpha value is -1.41. The maximum Gasteiger partial charge on any atom is 0.194 e. The lowest BCUT2D eigenvalue weighted by Crippen LogP contribution is -2.31. The maximum atomic E-state index is 13.2. The summed E-state index contributed by atoms with van der Waals surface area (Å²) in [6.07, 6.45) is 3.45. The molecule has 3 N–H and O–H groups in total. The van der Waals surface area contributed by atoms with Gasteiger partial charge >= 0.3 is 0 Å². The van der Waals surface area contributed by atoms with Crippen molar-refractivity contribution in [3.8, 4) is 0 Å². The van der Waals surface area contributed by atoms with Crippen LogP contribution in [0.4, 0.5) is 10.2 Å². The second kappa shape index (κ2) is 7.92. The summed E-state index contributed by atoms with van der Waals surface area (Å²) in [4.78, 5) is 8.56. The van der Waals surface area contributed by atoms with Crippen LogP contribution in [-0.4, -0.2) is 17.0 Å². The lowest BCUT2D eigenvalue weighted by atomic mass is 9.76. The lowest BCUT2D eigenvalue weighted by Gasteiger charge is -2.33. The second-order valence-corrected chi connectivity index (χ2v) is 5.76. The van der Waals surface area contributed by atoms with Gasteiger partial charge in [-0.25, -0.2) is 14.4 Å². The van der Waals surface area contributed by atoms with Gasteiger partial charge in [0.2, 0.25) is 0 Å². The summed E-state index contributed by atoms with van der Waals surface area (Å²) >= 11 is 5.81. The minimum absolute atomic E-state index is 0. The summed E-state index contributed by atoms with van der Waals surface area (Å²) in [5.41, 5.74) is 6.92. The Bertz CT molecular complexity index is 690. The first kappa shape index (κ1) is 17.9. The first-order valence-corrected chi connectivity index (χ1v) is 7.46. The summed E-state index contributed by atoms with van der Waals surface area (Å²) in [7, 11) is 0. The fourth-order valence-corrected chi connectivity index (χ4v) is 2.72. The number of guanidine groups is 1. The van der Waals surface area contributed by atoms with Crippen LogP contribution < -0.4 is 11.1 Å². The van der Waals surface area contributed by atoms with Crippen LogP contribution in [0.25, 0.3) is 0 Å². The van der Waals surface area contributed by atoms with Gasteiger partial charge in [-0.1, -0.05) is 23.7 Å². The van der Waals surface area contributed by atoms with Crippen molar-refractivity contribution < 1.29 is 4.39 Å². The molecule has 4 nitrogen and oxygen atoms in total. The highest BCUT2D eigenvalue weighted by Gasteiger charge is 2.30. The van der Waals surface area contributed by atoms with Gasteiger partial charge in [0.15, 0.2) is 5.96 Å². The first-order chi connectivity index (χ1) is 10.6. The van der Waals surface area contributed by atoms with Gasteiger partial charge in [0.05, 0.1) is 11.1 Å². The standard InChI is InChI=1S/C16H16ClFN4.HI/c17-13-9-10(4-5-14(13)18)11-7-12(8-11)21-16(19)22-15-3-1-2-6-20-15;/h1-6,9,11-12H,7-8H2,(H3,19,20,21,22);1H. The average Bonchev–Trinajstić information content (AvgIpc) is 2.47. The van der Waals surface area contributed by atoms with E-state index < -0.39 is 0 Å².